The second-order valence-corrected chi connectivity index (χ2v) is 8.43. The Labute approximate surface area is 189 Å². The summed E-state index contributed by atoms with van der Waals surface area (Å²) in [5, 5.41) is 3.14. The van der Waals surface area contributed by atoms with E-state index in [2.05, 4.69) is 22.4 Å². The van der Waals surface area contributed by atoms with Gasteiger partial charge in [0.2, 0.25) is 5.91 Å². The van der Waals surface area contributed by atoms with Crippen molar-refractivity contribution in [3.63, 3.8) is 0 Å². The van der Waals surface area contributed by atoms with Crippen LogP contribution in [-0.2, 0) is 17.8 Å². The number of rotatable bonds is 8. The molecule has 2 heterocycles. The summed E-state index contributed by atoms with van der Waals surface area (Å²) in [4.78, 5) is 31.5. The molecule has 0 radical (unpaired) electrons. The predicted molar refractivity (Wildman–Crippen MR) is 124 cm³/mol. The van der Waals surface area contributed by atoms with E-state index in [1.54, 1.807) is 12.5 Å². The summed E-state index contributed by atoms with van der Waals surface area (Å²) in [5.74, 6) is 0.100. The third-order valence-electron chi connectivity index (χ3n) is 5.88. The van der Waals surface area contributed by atoms with Crippen molar-refractivity contribution in [3.05, 3.63) is 90.0 Å². The Morgan fingerprint density at radius 1 is 1.06 bits per heavy atom. The van der Waals surface area contributed by atoms with Gasteiger partial charge in [0.25, 0.3) is 5.91 Å². The number of benzene rings is 2. The Morgan fingerprint density at radius 2 is 1.91 bits per heavy atom. The van der Waals surface area contributed by atoms with E-state index in [0.717, 1.165) is 37.8 Å². The lowest BCUT2D eigenvalue weighted by Crippen LogP contribution is -2.49. The first-order chi connectivity index (χ1) is 15.7. The zero-order valence-corrected chi connectivity index (χ0v) is 18.3. The van der Waals surface area contributed by atoms with Crippen LogP contribution in [0, 0.1) is 0 Å². The number of hydrogen-bond donors (Lipinski definition) is 1. The summed E-state index contributed by atoms with van der Waals surface area (Å²) >= 11 is 0. The number of aryl methyl sites for hydroxylation is 1. The smallest absolute Gasteiger partial charge is 0.253 e. The minimum absolute atomic E-state index is 0.0195. The molecular formula is C26H30N4O2. The van der Waals surface area contributed by atoms with E-state index in [4.69, 9.17) is 0 Å². The van der Waals surface area contributed by atoms with Gasteiger partial charge in [-0.3, -0.25) is 9.59 Å². The monoisotopic (exact) mass is 430 g/mol. The number of aromatic nitrogens is 2. The molecule has 0 saturated carbocycles. The van der Waals surface area contributed by atoms with Crippen LogP contribution in [0.4, 0.5) is 0 Å². The van der Waals surface area contributed by atoms with E-state index in [0.29, 0.717) is 25.1 Å². The highest BCUT2D eigenvalue weighted by Gasteiger charge is 2.25. The van der Waals surface area contributed by atoms with Gasteiger partial charge >= 0.3 is 0 Å². The summed E-state index contributed by atoms with van der Waals surface area (Å²) in [5.41, 5.74) is 3.01. The van der Waals surface area contributed by atoms with Gasteiger partial charge in [0.1, 0.15) is 0 Å². The molecule has 1 atom stereocenters. The normalized spacial score (nSPS) is 16.0. The van der Waals surface area contributed by atoms with Crippen LogP contribution >= 0.6 is 0 Å². The van der Waals surface area contributed by atoms with Crippen molar-refractivity contribution < 1.29 is 9.59 Å². The fourth-order valence-electron chi connectivity index (χ4n) is 4.25. The van der Waals surface area contributed by atoms with Gasteiger partial charge in [-0.05, 0) is 48.9 Å². The number of nitrogens with zero attached hydrogens (tertiary/aromatic N) is 3. The van der Waals surface area contributed by atoms with E-state index >= 15 is 0 Å². The van der Waals surface area contributed by atoms with Gasteiger partial charge in [-0.15, -0.1) is 0 Å². The molecule has 32 heavy (non-hydrogen) atoms. The first kappa shape index (κ1) is 21.8. The number of carbonyl (C=O) groups excluding carboxylic acids is 2. The first-order valence-electron chi connectivity index (χ1n) is 11.3. The molecule has 3 aromatic rings. The van der Waals surface area contributed by atoms with Gasteiger partial charge in [0.05, 0.1) is 6.33 Å². The summed E-state index contributed by atoms with van der Waals surface area (Å²) < 4.78 is 1.98. The number of hydrogen-bond acceptors (Lipinski definition) is 3. The van der Waals surface area contributed by atoms with Crippen molar-refractivity contribution in [2.45, 2.75) is 44.7 Å². The Balaban J connectivity index is 1.27. The molecule has 4 rings (SSSR count). The Morgan fingerprint density at radius 3 is 2.72 bits per heavy atom. The summed E-state index contributed by atoms with van der Waals surface area (Å²) in [6.07, 6.45) is 9.48. The van der Waals surface area contributed by atoms with E-state index in [9.17, 15) is 9.59 Å². The van der Waals surface area contributed by atoms with Gasteiger partial charge in [-0.1, -0.05) is 42.5 Å². The number of imidazole rings is 1. The van der Waals surface area contributed by atoms with Gasteiger partial charge in [-0.2, -0.15) is 0 Å². The van der Waals surface area contributed by atoms with Crippen LogP contribution in [0.2, 0.25) is 0 Å². The number of amides is 2. The molecule has 166 valence electrons. The zero-order valence-electron chi connectivity index (χ0n) is 18.3. The van der Waals surface area contributed by atoms with Crippen LogP contribution in [0.15, 0.2) is 73.3 Å². The van der Waals surface area contributed by atoms with Crippen molar-refractivity contribution in [2.24, 2.45) is 0 Å². The Hall–Kier alpha value is -3.41. The predicted octanol–water partition coefficient (Wildman–Crippen LogP) is 3.68. The van der Waals surface area contributed by atoms with Crippen LogP contribution in [0.3, 0.4) is 0 Å². The molecular weight excluding hydrogens is 400 g/mol. The molecule has 6 nitrogen and oxygen atoms in total. The van der Waals surface area contributed by atoms with Crippen LogP contribution in [0.1, 0.15) is 47.2 Å². The van der Waals surface area contributed by atoms with Crippen molar-refractivity contribution >= 4 is 11.8 Å². The van der Waals surface area contributed by atoms with Crippen molar-refractivity contribution in [2.75, 3.05) is 13.1 Å². The molecule has 0 spiro atoms. The molecule has 2 aromatic carbocycles. The standard InChI is InChI=1S/C26H30N4O2/c31-25(13-5-9-21-7-2-1-3-8-21)28-24-12-6-15-30(19-24)26(32)23-11-4-10-22(17-23)18-29-16-14-27-20-29/h1-4,7-8,10-11,14,16-17,20,24H,5-6,9,12-13,15,18-19H2,(H,28,31)/t24-/m1/s1. The third-order valence-corrected chi connectivity index (χ3v) is 5.88. The molecule has 1 aliphatic heterocycles. The van der Waals surface area contributed by atoms with Crippen LogP contribution in [-0.4, -0.2) is 45.4 Å². The summed E-state index contributed by atoms with van der Waals surface area (Å²) in [6.45, 7) is 1.97. The molecule has 0 unspecified atom stereocenters. The molecule has 0 aliphatic carbocycles. The quantitative estimate of drug-likeness (QED) is 0.593. The average molecular weight is 431 g/mol. The van der Waals surface area contributed by atoms with Crippen LogP contribution in [0.25, 0.3) is 0 Å². The average Bonchev–Trinajstić information content (AvgIpc) is 3.33. The lowest BCUT2D eigenvalue weighted by molar-refractivity contribution is -0.122. The highest BCUT2D eigenvalue weighted by atomic mass is 16.2. The third kappa shape index (κ3) is 6.06. The van der Waals surface area contributed by atoms with E-state index < -0.39 is 0 Å². The first-order valence-corrected chi connectivity index (χ1v) is 11.3. The maximum Gasteiger partial charge on any atom is 0.253 e. The maximum absolute atomic E-state index is 13.1. The van der Waals surface area contributed by atoms with Gasteiger partial charge in [0, 0.05) is 50.1 Å². The number of likely N-dealkylation sites (tertiary alicyclic amines) is 1. The zero-order chi connectivity index (χ0) is 22.2. The molecule has 1 fully saturated rings. The van der Waals surface area contributed by atoms with Crippen LogP contribution < -0.4 is 5.32 Å². The van der Waals surface area contributed by atoms with E-state index in [1.807, 2.05) is 58.1 Å². The fourth-order valence-corrected chi connectivity index (χ4v) is 4.25. The largest absolute Gasteiger partial charge is 0.352 e. The molecule has 6 heteroatoms. The van der Waals surface area contributed by atoms with E-state index in [-0.39, 0.29) is 17.9 Å². The highest BCUT2D eigenvalue weighted by Crippen LogP contribution is 2.16. The van der Waals surface area contributed by atoms with Gasteiger partial charge in [-0.25, -0.2) is 4.98 Å². The SMILES string of the molecule is O=C(CCCc1ccccc1)N[C@@H]1CCCN(C(=O)c2cccc(Cn3ccnc3)c2)C1. The molecule has 0 bridgehead atoms. The maximum atomic E-state index is 13.1. The lowest BCUT2D eigenvalue weighted by atomic mass is 10.0. The fraction of sp³-hybridized carbons (Fsp3) is 0.346. The van der Waals surface area contributed by atoms with Crippen LogP contribution in [0.5, 0.6) is 0 Å². The molecule has 1 N–H and O–H groups in total. The van der Waals surface area contributed by atoms with Crippen molar-refractivity contribution in [1.82, 2.24) is 19.8 Å². The Kier molecular flexibility index (Phi) is 7.33. The molecule has 2 amide bonds. The number of piperidine rings is 1. The molecule has 1 aromatic heterocycles. The topological polar surface area (TPSA) is 67.2 Å². The number of nitrogens with one attached hydrogen (secondary N) is 1. The second-order valence-electron chi connectivity index (χ2n) is 8.43. The molecule has 1 saturated heterocycles. The molecule has 1 aliphatic rings. The van der Waals surface area contributed by atoms with Gasteiger partial charge < -0.3 is 14.8 Å². The minimum atomic E-state index is 0.0195. The Bertz CT molecular complexity index is 1020. The second kappa shape index (κ2) is 10.8. The summed E-state index contributed by atoms with van der Waals surface area (Å²) in [7, 11) is 0. The summed E-state index contributed by atoms with van der Waals surface area (Å²) in [6, 6.07) is 18.0. The van der Waals surface area contributed by atoms with Gasteiger partial charge in [0.15, 0.2) is 0 Å². The minimum Gasteiger partial charge on any atom is -0.352 e. The number of carbonyl (C=O) groups is 2. The lowest BCUT2D eigenvalue weighted by Gasteiger charge is -2.33. The highest BCUT2D eigenvalue weighted by molar-refractivity contribution is 5.94. The van der Waals surface area contributed by atoms with Crippen molar-refractivity contribution in [1.29, 1.82) is 0 Å². The van der Waals surface area contributed by atoms with E-state index in [1.165, 1.54) is 5.56 Å². The van der Waals surface area contributed by atoms with Crippen molar-refractivity contribution in [3.8, 4) is 0 Å².